The first-order chi connectivity index (χ1) is 19.3. The van der Waals surface area contributed by atoms with Gasteiger partial charge in [-0.25, -0.2) is 0 Å². The largest absolute Gasteiger partial charge is 0.497 e. The van der Waals surface area contributed by atoms with E-state index in [0.717, 1.165) is 67.1 Å². The van der Waals surface area contributed by atoms with Gasteiger partial charge >= 0.3 is 0 Å². The average molecular weight is 545 g/mol. The van der Waals surface area contributed by atoms with E-state index in [-0.39, 0.29) is 5.91 Å². The van der Waals surface area contributed by atoms with E-state index in [1.165, 1.54) is 16.8 Å². The number of hydrogen-bond acceptors (Lipinski definition) is 6. The molecule has 7 heteroatoms. The van der Waals surface area contributed by atoms with Gasteiger partial charge in [0.05, 0.1) is 14.2 Å². The zero-order chi connectivity index (χ0) is 28.6. The van der Waals surface area contributed by atoms with E-state index in [1.54, 1.807) is 14.2 Å². The molecule has 1 saturated heterocycles. The minimum Gasteiger partial charge on any atom is -0.497 e. The molecule has 1 amide bonds. The summed E-state index contributed by atoms with van der Waals surface area (Å²) in [7, 11) is 3.35. The minimum absolute atomic E-state index is 0.00982. The molecule has 0 spiro atoms. The van der Waals surface area contributed by atoms with E-state index in [9.17, 15) is 4.79 Å². The van der Waals surface area contributed by atoms with Crippen LogP contribution >= 0.6 is 0 Å². The van der Waals surface area contributed by atoms with Crippen LogP contribution < -0.4 is 19.7 Å². The second-order valence-corrected chi connectivity index (χ2v) is 10.9. The van der Waals surface area contributed by atoms with Crippen molar-refractivity contribution in [1.82, 2.24) is 15.2 Å². The highest BCUT2D eigenvalue weighted by atomic mass is 16.5. The summed E-state index contributed by atoms with van der Waals surface area (Å²) in [6.07, 6.45) is 6.95. The third kappa shape index (κ3) is 7.13. The number of amides is 1. The van der Waals surface area contributed by atoms with Gasteiger partial charge in [-0.2, -0.15) is 0 Å². The molecule has 1 fully saturated rings. The topological polar surface area (TPSA) is 66.9 Å². The number of benzene rings is 2. The van der Waals surface area contributed by atoms with Crippen molar-refractivity contribution in [3.63, 3.8) is 0 Å². The number of nitrogens with zero attached hydrogens (tertiary/aromatic N) is 3. The number of nitrogens with one attached hydrogen (secondary N) is 1. The maximum atomic E-state index is 12.9. The second-order valence-electron chi connectivity index (χ2n) is 10.9. The molecule has 40 heavy (non-hydrogen) atoms. The van der Waals surface area contributed by atoms with Crippen LogP contribution in [0.4, 0.5) is 5.69 Å². The molecule has 1 N–H and O–H groups in total. The van der Waals surface area contributed by atoms with Crippen LogP contribution in [0.1, 0.15) is 58.8 Å². The molecule has 1 atom stereocenters. The number of aryl methyl sites for hydroxylation is 3. The minimum atomic E-state index is -0.00982. The van der Waals surface area contributed by atoms with Gasteiger partial charge in [0.2, 0.25) is 0 Å². The van der Waals surface area contributed by atoms with Gasteiger partial charge in [-0.3, -0.25) is 9.78 Å². The lowest BCUT2D eigenvalue weighted by Gasteiger charge is -2.42. The molecule has 2 heterocycles. The standard InChI is InChI=1S/C33H44N4O3/c1-23-11-15-34-21-27(23)22-37(28-7-9-30(39-5)10-8-28)29-13-17-36(18-14-29)26(4)12-16-35-33(38)32-24(2)19-31(40-6)20-25(32)3/h7-11,15,19-21,26,29H,12-14,16-18,22H2,1-6H3,(H,35,38)/t26-/m1/s1. The number of rotatable bonds is 11. The summed E-state index contributed by atoms with van der Waals surface area (Å²) in [5.74, 6) is 1.64. The fourth-order valence-electron chi connectivity index (χ4n) is 5.75. The Morgan fingerprint density at radius 3 is 2.25 bits per heavy atom. The summed E-state index contributed by atoms with van der Waals surface area (Å²) in [4.78, 5) is 22.4. The number of piperidine rings is 1. The molecule has 2 aromatic carbocycles. The van der Waals surface area contributed by atoms with Crippen LogP contribution in [0.5, 0.6) is 11.5 Å². The first kappa shape index (κ1) is 29.4. The van der Waals surface area contributed by atoms with Gasteiger partial charge in [-0.05, 0) is 112 Å². The van der Waals surface area contributed by atoms with Crippen molar-refractivity contribution in [2.24, 2.45) is 0 Å². The van der Waals surface area contributed by atoms with E-state index < -0.39 is 0 Å². The monoisotopic (exact) mass is 544 g/mol. The highest BCUT2D eigenvalue weighted by Crippen LogP contribution is 2.29. The third-order valence-electron chi connectivity index (χ3n) is 8.27. The molecule has 214 valence electrons. The molecule has 7 nitrogen and oxygen atoms in total. The van der Waals surface area contributed by atoms with Crippen LogP contribution in [0.25, 0.3) is 0 Å². The predicted molar refractivity (Wildman–Crippen MR) is 162 cm³/mol. The Labute approximate surface area is 239 Å². The first-order valence-corrected chi connectivity index (χ1v) is 14.3. The van der Waals surface area contributed by atoms with Gasteiger partial charge in [-0.1, -0.05) is 0 Å². The number of likely N-dealkylation sites (tertiary alicyclic amines) is 1. The summed E-state index contributed by atoms with van der Waals surface area (Å²) < 4.78 is 10.7. The molecule has 1 aliphatic rings. The maximum Gasteiger partial charge on any atom is 0.251 e. The number of pyridine rings is 1. The van der Waals surface area contributed by atoms with E-state index >= 15 is 0 Å². The number of carbonyl (C=O) groups excluding carboxylic acids is 1. The second kappa shape index (κ2) is 13.7. The van der Waals surface area contributed by atoms with Crippen molar-refractivity contribution < 1.29 is 14.3 Å². The third-order valence-corrected chi connectivity index (χ3v) is 8.27. The molecule has 0 bridgehead atoms. The molecule has 0 saturated carbocycles. The predicted octanol–water partition coefficient (Wildman–Crippen LogP) is 5.70. The lowest BCUT2D eigenvalue weighted by Crippen LogP contribution is -2.48. The Morgan fingerprint density at radius 1 is 1.00 bits per heavy atom. The Morgan fingerprint density at radius 2 is 1.65 bits per heavy atom. The van der Waals surface area contributed by atoms with Crippen molar-refractivity contribution >= 4 is 11.6 Å². The number of carbonyl (C=O) groups is 1. The SMILES string of the molecule is COc1ccc(N(Cc2cnccc2C)C2CCN([C@H](C)CCNC(=O)c3c(C)cc(OC)cc3C)CC2)cc1. The Kier molecular flexibility index (Phi) is 10.0. The fraction of sp³-hybridized carbons (Fsp3) is 0.455. The van der Waals surface area contributed by atoms with Gasteiger partial charge < -0.3 is 24.6 Å². The van der Waals surface area contributed by atoms with Crippen LogP contribution in [0.2, 0.25) is 0 Å². The number of ether oxygens (including phenoxy) is 2. The summed E-state index contributed by atoms with van der Waals surface area (Å²) in [6, 6.07) is 15.2. The zero-order valence-electron chi connectivity index (χ0n) is 24.9. The van der Waals surface area contributed by atoms with Crippen LogP contribution in [0.3, 0.4) is 0 Å². The quantitative estimate of drug-likeness (QED) is 0.334. The van der Waals surface area contributed by atoms with Crippen molar-refractivity contribution in [2.75, 3.05) is 38.8 Å². The van der Waals surface area contributed by atoms with Gasteiger partial charge in [0, 0.05) is 61.9 Å². The highest BCUT2D eigenvalue weighted by molar-refractivity contribution is 5.97. The molecule has 1 aliphatic heterocycles. The lowest BCUT2D eigenvalue weighted by atomic mass is 9.98. The van der Waals surface area contributed by atoms with Crippen molar-refractivity contribution in [3.8, 4) is 11.5 Å². The molecule has 0 unspecified atom stereocenters. The molecule has 3 aromatic rings. The number of hydrogen-bond donors (Lipinski definition) is 1. The van der Waals surface area contributed by atoms with Crippen LogP contribution in [-0.4, -0.2) is 61.7 Å². The first-order valence-electron chi connectivity index (χ1n) is 14.3. The van der Waals surface area contributed by atoms with Crippen molar-refractivity contribution in [1.29, 1.82) is 0 Å². The summed E-state index contributed by atoms with van der Waals surface area (Å²) in [6.45, 7) is 11.9. The van der Waals surface area contributed by atoms with E-state index in [1.807, 2.05) is 50.5 Å². The lowest BCUT2D eigenvalue weighted by molar-refractivity contribution is 0.0944. The van der Waals surface area contributed by atoms with Crippen LogP contribution in [0, 0.1) is 20.8 Å². The van der Waals surface area contributed by atoms with E-state index in [2.05, 4.69) is 52.1 Å². The average Bonchev–Trinajstić information content (AvgIpc) is 2.96. The van der Waals surface area contributed by atoms with E-state index in [4.69, 9.17) is 9.47 Å². The van der Waals surface area contributed by atoms with Gasteiger partial charge in [0.15, 0.2) is 0 Å². The summed E-state index contributed by atoms with van der Waals surface area (Å²) in [5.41, 5.74) is 6.35. The molecular weight excluding hydrogens is 500 g/mol. The normalized spacial score (nSPS) is 14.9. The summed E-state index contributed by atoms with van der Waals surface area (Å²) in [5, 5.41) is 3.15. The Balaban J connectivity index is 1.34. The molecule has 4 rings (SSSR count). The summed E-state index contributed by atoms with van der Waals surface area (Å²) >= 11 is 0. The van der Waals surface area contributed by atoms with E-state index in [0.29, 0.717) is 18.6 Å². The van der Waals surface area contributed by atoms with Crippen molar-refractivity contribution in [3.05, 3.63) is 82.7 Å². The molecule has 0 aliphatic carbocycles. The highest BCUT2D eigenvalue weighted by Gasteiger charge is 2.28. The molecule has 0 radical (unpaired) electrons. The van der Waals surface area contributed by atoms with Gasteiger partial charge in [0.25, 0.3) is 5.91 Å². The van der Waals surface area contributed by atoms with Gasteiger partial charge in [0.1, 0.15) is 11.5 Å². The van der Waals surface area contributed by atoms with Crippen LogP contribution in [-0.2, 0) is 6.54 Å². The van der Waals surface area contributed by atoms with Crippen LogP contribution in [0.15, 0.2) is 54.9 Å². The number of aromatic nitrogens is 1. The number of methoxy groups -OCH3 is 2. The maximum absolute atomic E-state index is 12.9. The van der Waals surface area contributed by atoms with Gasteiger partial charge in [-0.15, -0.1) is 0 Å². The number of anilines is 1. The zero-order valence-corrected chi connectivity index (χ0v) is 24.9. The Bertz CT molecular complexity index is 1250. The molecule has 1 aromatic heterocycles. The van der Waals surface area contributed by atoms with Crippen molar-refractivity contribution in [2.45, 2.75) is 65.6 Å². The fourth-order valence-corrected chi connectivity index (χ4v) is 5.75. The molecular formula is C33H44N4O3. The smallest absolute Gasteiger partial charge is 0.251 e. The Hall–Kier alpha value is -3.58.